The molecule has 4 aromatic rings. The van der Waals surface area contributed by atoms with E-state index in [1.807, 2.05) is 104 Å². The van der Waals surface area contributed by atoms with Crippen molar-refractivity contribution in [3.8, 4) is 11.5 Å². The molecule has 228 valence electrons. The van der Waals surface area contributed by atoms with Crippen molar-refractivity contribution in [2.75, 3.05) is 25.5 Å². The van der Waals surface area contributed by atoms with Gasteiger partial charge >= 0.3 is 6.03 Å². The molecule has 0 aromatic heterocycles. The van der Waals surface area contributed by atoms with Gasteiger partial charge in [0.2, 0.25) is 0 Å². The van der Waals surface area contributed by atoms with Crippen LogP contribution in [-0.2, 0) is 22.6 Å². The lowest BCUT2D eigenvalue weighted by Gasteiger charge is -2.37. The van der Waals surface area contributed by atoms with Crippen molar-refractivity contribution in [2.24, 2.45) is 0 Å². The Kier molecular flexibility index (Phi) is 10.8. The molecule has 2 amide bonds. The average Bonchev–Trinajstić information content (AvgIpc) is 3.05. The predicted molar refractivity (Wildman–Crippen MR) is 171 cm³/mol. The van der Waals surface area contributed by atoms with Gasteiger partial charge < -0.3 is 34.9 Å². The Morgan fingerprint density at radius 1 is 0.909 bits per heavy atom. The van der Waals surface area contributed by atoms with Crippen LogP contribution >= 0.6 is 0 Å². The standard InChI is InChI=1S/C36H39N3O5/c1-3-21-39(2)24-33-22-34(28-13-11-27(25-40)12-14-28)44-35(43-33)29-15-9-26(10-16-29)23-37-36(41)38-30-17-19-32(20-18-30)42-31-7-5-4-6-8-31/h3-20,33-35,40H,1,21-25H2,2H3,(H2,37,38,41)/t33-,34+,35+/m1/s1. The zero-order valence-electron chi connectivity index (χ0n) is 24.9. The summed E-state index contributed by atoms with van der Waals surface area (Å²) in [5.74, 6) is 1.44. The molecular weight excluding hydrogens is 554 g/mol. The number of aliphatic hydroxyl groups excluding tert-OH is 1. The number of nitrogens with one attached hydrogen (secondary N) is 2. The molecule has 1 saturated heterocycles. The number of amides is 2. The van der Waals surface area contributed by atoms with Crippen LogP contribution in [0.2, 0.25) is 0 Å². The van der Waals surface area contributed by atoms with E-state index in [9.17, 15) is 9.90 Å². The van der Waals surface area contributed by atoms with Crippen LogP contribution in [0.15, 0.2) is 116 Å². The second kappa shape index (κ2) is 15.3. The summed E-state index contributed by atoms with van der Waals surface area (Å²) in [5.41, 5.74) is 4.44. The van der Waals surface area contributed by atoms with Gasteiger partial charge in [-0.2, -0.15) is 0 Å². The Bertz CT molecular complexity index is 1480. The number of aliphatic hydroxyl groups is 1. The summed E-state index contributed by atoms with van der Waals surface area (Å²) in [5, 5.41) is 15.2. The first-order valence-corrected chi connectivity index (χ1v) is 14.8. The lowest BCUT2D eigenvalue weighted by atomic mass is 9.99. The van der Waals surface area contributed by atoms with Gasteiger partial charge in [-0.25, -0.2) is 4.79 Å². The molecule has 1 fully saturated rings. The van der Waals surface area contributed by atoms with E-state index in [1.54, 1.807) is 12.1 Å². The maximum absolute atomic E-state index is 12.5. The van der Waals surface area contributed by atoms with Crippen molar-refractivity contribution < 1.29 is 24.1 Å². The number of likely N-dealkylation sites (N-methyl/N-ethyl adjacent to an activating group) is 1. The van der Waals surface area contributed by atoms with Gasteiger partial charge in [-0.15, -0.1) is 6.58 Å². The number of urea groups is 1. The number of hydrogen-bond acceptors (Lipinski definition) is 6. The molecule has 44 heavy (non-hydrogen) atoms. The van der Waals surface area contributed by atoms with Crippen LogP contribution < -0.4 is 15.4 Å². The first-order chi connectivity index (χ1) is 21.5. The quantitative estimate of drug-likeness (QED) is 0.154. The third-order valence-corrected chi connectivity index (χ3v) is 7.37. The number of para-hydroxylation sites is 1. The fourth-order valence-corrected chi connectivity index (χ4v) is 5.06. The summed E-state index contributed by atoms with van der Waals surface area (Å²) in [4.78, 5) is 14.7. The Balaban J connectivity index is 1.16. The number of anilines is 1. The van der Waals surface area contributed by atoms with Crippen molar-refractivity contribution in [3.63, 3.8) is 0 Å². The summed E-state index contributed by atoms with van der Waals surface area (Å²) in [6, 6.07) is 32.2. The van der Waals surface area contributed by atoms with Gasteiger partial charge in [0.05, 0.1) is 18.8 Å². The Morgan fingerprint density at radius 3 is 2.25 bits per heavy atom. The topological polar surface area (TPSA) is 92.3 Å². The number of hydrogen-bond donors (Lipinski definition) is 3. The van der Waals surface area contributed by atoms with Crippen LogP contribution in [0.25, 0.3) is 0 Å². The maximum atomic E-state index is 12.5. The molecule has 0 spiro atoms. The molecular formula is C36H39N3O5. The summed E-state index contributed by atoms with van der Waals surface area (Å²) < 4.78 is 18.6. The minimum absolute atomic E-state index is 0.00704. The molecule has 8 nitrogen and oxygen atoms in total. The highest BCUT2D eigenvalue weighted by atomic mass is 16.7. The number of carbonyl (C=O) groups is 1. The fourth-order valence-electron chi connectivity index (χ4n) is 5.06. The van der Waals surface area contributed by atoms with Crippen molar-refractivity contribution in [3.05, 3.63) is 138 Å². The highest BCUT2D eigenvalue weighted by Crippen LogP contribution is 2.38. The van der Waals surface area contributed by atoms with E-state index in [0.29, 0.717) is 18.0 Å². The smallest absolute Gasteiger partial charge is 0.319 e. The van der Waals surface area contributed by atoms with Crippen molar-refractivity contribution in [1.29, 1.82) is 0 Å². The van der Waals surface area contributed by atoms with E-state index in [-0.39, 0.29) is 24.8 Å². The van der Waals surface area contributed by atoms with E-state index in [1.165, 1.54) is 0 Å². The van der Waals surface area contributed by atoms with Gasteiger partial charge in [-0.05, 0) is 60.1 Å². The van der Waals surface area contributed by atoms with E-state index in [2.05, 4.69) is 22.1 Å². The van der Waals surface area contributed by atoms with Crippen LogP contribution in [0.1, 0.15) is 41.1 Å². The summed E-state index contributed by atoms with van der Waals surface area (Å²) in [6.45, 7) is 5.73. The third kappa shape index (κ3) is 8.78. The summed E-state index contributed by atoms with van der Waals surface area (Å²) in [6.07, 6.45) is 1.88. The van der Waals surface area contributed by atoms with Crippen LogP contribution in [0, 0.1) is 0 Å². The maximum Gasteiger partial charge on any atom is 0.319 e. The molecule has 3 atom stereocenters. The van der Waals surface area contributed by atoms with Gasteiger partial charge in [0.25, 0.3) is 0 Å². The number of carbonyl (C=O) groups excluding carboxylic acids is 1. The van der Waals surface area contributed by atoms with Gasteiger partial charge in [0, 0.05) is 37.3 Å². The molecule has 0 unspecified atom stereocenters. The molecule has 0 saturated carbocycles. The Morgan fingerprint density at radius 2 is 1.57 bits per heavy atom. The first-order valence-electron chi connectivity index (χ1n) is 14.8. The molecule has 0 aliphatic carbocycles. The molecule has 3 N–H and O–H groups in total. The summed E-state index contributed by atoms with van der Waals surface area (Å²) in [7, 11) is 2.05. The van der Waals surface area contributed by atoms with Crippen LogP contribution in [0.4, 0.5) is 10.5 Å². The van der Waals surface area contributed by atoms with E-state index in [4.69, 9.17) is 14.2 Å². The highest BCUT2D eigenvalue weighted by Gasteiger charge is 2.32. The molecule has 5 rings (SSSR count). The van der Waals surface area contributed by atoms with E-state index >= 15 is 0 Å². The average molecular weight is 594 g/mol. The van der Waals surface area contributed by atoms with Crippen molar-refractivity contribution in [2.45, 2.75) is 38.1 Å². The Labute approximate surface area is 258 Å². The number of ether oxygens (including phenoxy) is 3. The number of benzene rings is 4. The molecule has 0 bridgehead atoms. The molecule has 1 aliphatic heterocycles. The van der Waals surface area contributed by atoms with Gasteiger partial charge in [0.1, 0.15) is 11.5 Å². The van der Waals surface area contributed by atoms with Crippen molar-refractivity contribution in [1.82, 2.24) is 10.2 Å². The number of nitrogens with zero attached hydrogens (tertiary/aromatic N) is 1. The van der Waals surface area contributed by atoms with Gasteiger partial charge in [0.15, 0.2) is 6.29 Å². The van der Waals surface area contributed by atoms with Gasteiger partial charge in [-0.3, -0.25) is 0 Å². The second-order valence-electron chi connectivity index (χ2n) is 10.8. The number of rotatable bonds is 12. The highest BCUT2D eigenvalue weighted by molar-refractivity contribution is 5.89. The zero-order valence-corrected chi connectivity index (χ0v) is 24.9. The van der Waals surface area contributed by atoms with Crippen LogP contribution in [-0.4, -0.2) is 42.3 Å². The normalized spacial score (nSPS) is 18.0. The lowest BCUT2D eigenvalue weighted by molar-refractivity contribution is -0.252. The van der Waals surface area contributed by atoms with Crippen LogP contribution in [0.5, 0.6) is 11.5 Å². The van der Waals surface area contributed by atoms with E-state index in [0.717, 1.165) is 47.5 Å². The molecule has 1 aliphatic rings. The Hall–Kier alpha value is -4.47. The zero-order chi connectivity index (χ0) is 30.7. The molecule has 0 radical (unpaired) electrons. The van der Waals surface area contributed by atoms with E-state index < -0.39 is 6.29 Å². The first kappa shape index (κ1) is 31.0. The summed E-state index contributed by atoms with van der Waals surface area (Å²) >= 11 is 0. The largest absolute Gasteiger partial charge is 0.457 e. The minimum Gasteiger partial charge on any atom is -0.457 e. The minimum atomic E-state index is -0.535. The predicted octanol–water partition coefficient (Wildman–Crippen LogP) is 6.96. The van der Waals surface area contributed by atoms with Crippen LogP contribution in [0.3, 0.4) is 0 Å². The fraction of sp³-hybridized carbons (Fsp3) is 0.250. The molecule has 1 heterocycles. The third-order valence-electron chi connectivity index (χ3n) is 7.37. The second-order valence-corrected chi connectivity index (χ2v) is 10.8. The molecule has 4 aromatic carbocycles. The lowest BCUT2D eigenvalue weighted by Crippen LogP contribution is -2.37. The molecule has 8 heteroatoms. The monoisotopic (exact) mass is 593 g/mol. The van der Waals surface area contributed by atoms with Gasteiger partial charge in [-0.1, -0.05) is 72.8 Å². The SMILES string of the molecule is C=CCN(C)C[C@H]1C[C@@H](c2ccc(CO)cc2)O[C@@H](c2ccc(CNC(=O)Nc3ccc(Oc4ccccc4)cc3)cc2)O1. The van der Waals surface area contributed by atoms with Crippen molar-refractivity contribution >= 4 is 11.7 Å².